The Morgan fingerprint density at radius 3 is 2.93 bits per heavy atom. The van der Waals surface area contributed by atoms with Crippen molar-refractivity contribution >= 4 is 17.9 Å². The van der Waals surface area contributed by atoms with Crippen LogP contribution in [0.25, 0.3) is 11.1 Å². The molecule has 2 aliphatic heterocycles. The minimum atomic E-state index is -0.789. The van der Waals surface area contributed by atoms with Gasteiger partial charge in [0, 0.05) is 24.2 Å². The summed E-state index contributed by atoms with van der Waals surface area (Å²) in [6, 6.07) is 8.74. The van der Waals surface area contributed by atoms with Gasteiger partial charge >= 0.3 is 0 Å². The van der Waals surface area contributed by atoms with Crippen LogP contribution >= 0.6 is 11.9 Å². The maximum Gasteiger partial charge on any atom is 0.226 e. The predicted molar refractivity (Wildman–Crippen MR) is 111 cm³/mol. The molecule has 1 fully saturated rings. The van der Waals surface area contributed by atoms with Gasteiger partial charge in [-0.25, -0.2) is 13.2 Å². The number of piperidine rings is 1. The maximum absolute atomic E-state index is 14.5. The largest absolute Gasteiger partial charge is 0.489 e. The summed E-state index contributed by atoms with van der Waals surface area (Å²) in [5.41, 5.74) is 1.91. The number of ether oxygens (including phenoxy) is 1. The number of hydrogen-bond acceptors (Lipinski definition) is 4. The lowest BCUT2D eigenvalue weighted by molar-refractivity contribution is -0.136. The van der Waals surface area contributed by atoms with E-state index in [-0.39, 0.29) is 36.8 Å². The van der Waals surface area contributed by atoms with Gasteiger partial charge in [0.15, 0.2) is 11.6 Å². The molecule has 1 N–H and O–H groups in total. The summed E-state index contributed by atoms with van der Waals surface area (Å²) in [7, 11) is 0. The lowest BCUT2D eigenvalue weighted by atomic mass is 9.90. The van der Waals surface area contributed by atoms with Gasteiger partial charge in [-0.1, -0.05) is 24.3 Å². The van der Waals surface area contributed by atoms with Crippen molar-refractivity contribution < 1.29 is 22.7 Å². The first-order valence-corrected chi connectivity index (χ1v) is 11.0. The number of carbonyl (C=O) groups is 1. The molecule has 4 nitrogen and oxygen atoms in total. The number of rotatable bonds is 3. The Bertz CT molecular complexity index is 927. The Hall–Kier alpha value is -2.19. The van der Waals surface area contributed by atoms with Gasteiger partial charge in [-0.2, -0.15) is 0 Å². The normalized spacial score (nSPS) is 21.7. The predicted octanol–water partition coefficient (Wildman–Crippen LogP) is 4.48. The lowest BCUT2D eigenvalue weighted by Crippen LogP contribution is -2.55. The third-order valence-corrected chi connectivity index (χ3v) is 6.22. The summed E-state index contributed by atoms with van der Waals surface area (Å²) in [4.78, 5) is 14.8. The second-order valence-electron chi connectivity index (χ2n) is 7.54. The molecule has 8 heteroatoms. The first-order valence-electron chi connectivity index (χ1n) is 10.0. The van der Waals surface area contributed by atoms with E-state index in [1.54, 1.807) is 6.07 Å². The van der Waals surface area contributed by atoms with Gasteiger partial charge in [0.05, 0.1) is 19.1 Å². The average molecular weight is 436 g/mol. The van der Waals surface area contributed by atoms with E-state index in [9.17, 15) is 18.0 Å². The van der Waals surface area contributed by atoms with Crippen LogP contribution in [0.1, 0.15) is 24.8 Å². The van der Waals surface area contributed by atoms with Crippen molar-refractivity contribution in [2.24, 2.45) is 0 Å². The lowest BCUT2D eigenvalue weighted by Gasteiger charge is -2.42. The first kappa shape index (κ1) is 21.1. The summed E-state index contributed by atoms with van der Waals surface area (Å²) in [6.07, 6.45) is 2.32. The Labute approximate surface area is 177 Å². The second kappa shape index (κ2) is 9.31. The molecular weight excluding hydrogens is 413 g/mol. The molecule has 2 heterocycles. The molecule has 2 aliphatic rings. The van der Waals surface area contributed by atoms with E-state index < -0.39 is 17.6 Å². The van der Waals surface area contributed by atoms with Crippen LogP contribution in [0.3, 0.4) is 0 Å². The Morgan fingerprint density at radius 1 is 1.23 bits per heavy atom. The van der Waals surface area contributed by atoms with Crippen LogP contribution in [0.4, 0.5) is 13.2 Å². The van der Waals surface area contributed by atoms with E-state index in [1.807, 2.05) is 23.1 Å². The molecule has 160 valence electrons. The summed E-state index contributed by atoms with van der Waals surface area (Å²) in [6.45, 7) is 0.618. The molecule has 0 radical (unpaired) electrons. The molecule has 2 bridgehead atoms. The van der Waals surface area contributed by atoms with Gasteiger partial charge in [-0.05, 0) is 48.4 Å². The van der Waals surface area contributed by atoms with Crippen LogP contribution in [-0.2, 0) is 11.2 Å². The molecule has 0 aliphatic carbocycles. The number of hydrogen-bond donors (Lipinski definition) is 1. The van der Waals surface area contributed by atoms with Crippen LogP contribution in [0.5, 0.6) is 5.75 Å². The standard InChI is InChI=1S/C22H23F3N2O2S/c23-13-30-26-19-5-2-7-27-20(19)10-14-3-1-4-15(9-14)17-11-16(24)12-18(25)22(17)29-8-6-21(27)28/h1,3-4,9,11-12,19-20,26H,2,5-8,10,13H2. The molecule has 1 saturated heterocycles. The molecule has 2 unspecified atom stereocenters. The minimum Gasteiger partial charge on any atom is -0.489 e. The number of amides is 1. The van der Waals surface area contributed by atoms with Crippen molar-refractivity contribution in [2.75, 3.05) is 19.2 Å². The van der Waals surface area contributed by atoms with E-state index in [4.69, 9.17) is 4.74 Å². The van der Waals surface area contributed by atoms with Gasteiger partial charge in [0.25, 0.3) is 0 Å². The molecular formula is C22H23F3N2O2S. The number of carbonyl (C=O) groups excluding carboxylic acids is 1. The molecule has 4 rings (SSSR count). The number of benzene rings is 2. The summed E-state index contributed by atoms with van der Waals surface area (Å²) < 4.78 is 49.9. The summed E-state index contributed by atoms with van der Waals surface area (Å²) in [5, 5.41) is 0. The topological polar surface area (TPSA) is 41.6 Å². The van der Waals surface area contributed by atoms with Gasteiger partial charge in [-0.3, -0.25) is 9.52 Å². The first-order chi connectivity index (χ1) is 14.6. The monoisotopic (exact) mass is 436 g/mol. The van der Waals surface area contributed by atoms with Crippen molar-refractivity contribution in [3.63, 3.8) is 0 Å². The fourth-order valence-electron chi connectivity index (χ4n) is 4.31. The fraction of sp³-hybridized carbons (Fsp3) is 0.409. The SMILES string of the molecule is O=C1CCOc2c(F)cc(F)cc2-c2cccc(c2)CC2C(NSCF)CCCN12. The molecule has 0 spiro atoms. The number of nitrogens with one attached hydrogen (secondary N) is 1. The Morgan fingerprint density at radius 2 is 2.10 bits per heavy atom. The highest BCUT2D eigenvalue weighted by atomic mass is 32.2. The summed E-state index contributed by atoms with van der Waals surface area (Å²) in [5.74, 6) is -1.61. The van der Waals surface area contributed by atoms with Gasteiger partial charge in [0.1, 0.15) is 11.8 Å². The van der Waals surface area contributed by atoms with Gasteiger partial charge < -0.3 is 9.64 Å². The smallest absolute Gasteiger partial charge is 0.226 e. The van der Waals surface area contributed by atoms with Gasteiger partial charge in [0.2, 0.25) is 5.91 Å². The number of alkyl halides is 1. The molecule has 30 heavy (non-hydrogen) atoms. The zero-order valence-electron chi connectivity index (χ0n) is 16.4. The number of nitrogens with zero attached hydrogens (tertiary/aromatic N) is 1. The summed E-state index contributed by atoms with van der Waals surface area (Å²) >= 11 is 1.01. The van der Waals surface area contributed by atoms with E-state index >= 15 is 0 Å². The van der Waals surface area contributed by atoms with Crippen molar-refractivity contribution in [3.8, 4) is 16.9 Å². The minimum absolute atomic E-state index is 0.00534. The number of halogens is 3. The van der Waals surface area contributed by atoms with Crippen LogP contribution in [-0.4, -0.2) is 42.0 Å². The van der Waals surface area contributed by atoms with Crippen molar-refractivity contribution in [3.05, 3.63) is 53.6 Å². The van der Waals surface area contributed by atoms with E-state index in [2.05, 4.69) is 4.72 Å². The highest BCUT2D eigenvalue weighted by Gasteiger charge is 2.34. The third kappa shape index (κ3) is 4.44. The zero-order valence-corrected chi connectivity index (χ0v) is 17.2. The molecule has 0 saturated carbocycles. The Kier molecular flexibility index (Phi) is 6.53. The van der Waals surface area contributed by atoms with Crippen LogP contribution in [0.15, 0.2) is 36.4 Å². The van der Waals surface area contributed by atoms with Crippen LogP contribution in [0.2, 0.25) is 0 Å². The quantitative estimate of drug-likeness (QED) is 0.721. The molecule has 2 aromatic carbocycles. The van der Waals surface area contributed by atoms with Gasteiger partial charge in [-0.15, -0.1) is 0 Å². The van der Waals surface area contributed by atoms with Crippen molar-refractivity contribution in [1.82, 2.24) is 9.62 Å². The van der Waals surface area contributed by atoms with E-state index in [0.29, 0.717) is 24.1 Å². The zero-order chi connectivity index (χ0) is 21.1. The molecule has 1 amide bonds. The Balaban J connectivity index is 1.75. The highest BCUT2D eigenvalue weighted by Crippen LogP contribution is 2.35. The second-order valence-corrected chi connectivity index (χ2v) is 8.28. The number of fused-ring (bicyclic) bond motifs is 5. The van der Waals surface area contributed by atoms with E-state index in [0.717, 1.165) is 36.4 Å². The average Bonchev–Trinajstić information content (AvgIpc) is 2.73. The molecule has 2 atom stereocenters. The van der Waals surface area contributed by atoms with Crippen LogP contribution in [0, 0.1) is 11.6 Å². The van der Waals surface area contributed by atoms with E-state index in [1.165, 1.54) is 6.07 Å². The van der Waals surface area contributed by atoms with Crippen molar-refractivity contribution in [1.29, 1.82) is 0 Å². The fourth-order valence-corrected chi connectivity index (χ4v) is 4.86. The molecule has 0 aromatic heterocycles. The third-order valence-electron chi connectivity index (χ3n) is 5.64. The maximum atomic E-state index is 14.5. The molecule has 2 aromatic rings. The van der Waals surface area contributed by atoms with Crippen LogP contribution < -0.4 is 9.46 Å². The highest BCUT2D eigenvalue weighted by molar-refractivity contribution is 7.97. The van der Waals surface area contributed by atoms with Crippen molar-refractivity contribution in [2.45, 2.75) is 37.8 Å².